The van der Waals surface area contributed by atoms with Gasteiger partial charge in [-0.15, -0.1) is 0 Å². The topological polar surface area (TPSA) is 102 Å². The van der Waals surface area contributed by atoms with Gasteiger partial charge in [-0.25, -0.2) is 10.2 Å². The predicted molar refractivity (Wildman–Crippen MR) is 157 cm³/mol. The van der Waals surface area contributed by atoms with Crippen molar-refractivity contribution in [3.05, 3.63) is 112 Å². The maximum absolute atomic E-state index is 13.3. The molecular weight excluding hydrogens is 574 g/mol. The van der Waals surface area contributed by atoms with Crippen LogP contribution in [0.15, 0.2) is 101 Å². The number of ether oxygens (including phenoxy) is 3. The van der Waals surface area contributed by atoms with E-state index in [9.17, 15) is 9.59 Å². The minimum atomic E-state index is -0.510. The van der Waals surface area contributed by atoms with Crippen LogP contribution in [-0.4, -0.2) is 37.3 Å². The molecule has 0 saturated carbocycles. The highest BCUT2D eigenvalue weighted by molar-refractivity contribution is 9.10. The second kappa shape index (κ2) is 11.9. The quantitative estimate of drug-likeness (QED) is 0.0908. The van der Waals surface area contributed by atoms with Crippen LogP contribution in [0, 0.1) is 0 Å². The molecule has 200 valence electrons. The van der Waals surface area contributed by atoms with Crippen LogP contribution in [0.1, 0.15) is 26.4 Å². The second-order valence-electron chi connectivity index (χ2n) is 8.63. The third-order valence-electron chi connectivity index (χ3n) is 6.15. The molecule has 0 saturated heterocycles. The van der Waals surface area contributed by atoms with Crippen LogP contribution >= 0.6 is 15.9 Å². The average molecular weight is 598 g/mol. The van der Waals surface area contributed by atoms with Crippen LogP contribution in [0.25, 0.3) is 22.0 Å². The predicted octanol–water partition coefficient (Wildman–Crippen LogP) is 6.60. The number of esters is 1. The van der Waals surface area contributed by atoms with E-state index >= 15 is 0 Å². The molecule has 4 aromatic carbocycles. The zero-order chi connectivity index (χ0) is 28.1. The number of aromatic amines is 1. The maximum Gasteiger partial charge on any atom is 0.343 e. The number of nitrogens with zero attached hydrogens (tertiary/aromatic N) is 1. The first-order valence-electron chi connectivity index (χ1n) is 12.2. The number of fused-ring (bicyclic) bond motifs is 1. The monoisotopic (exact) mass is 597 g/mol. The molecule has 1 amide bonds. The Labute approximate surface area is 238 Å². The Hall–Kier alpha value is -4.89. The first-order chi connectivity index (χ1) is 19.5. The third-order valence-corrected chi connectivity index (χ3v) is 6.68. The van der Waals surface area contributed by atoms with E-state index in [-0.39, 0.29) is 5.75 Å². The van der Waals surface area contributed by atoms with Crippen LogP contribution in [0.2, 0.25) is 0 Å². The van der Waals surface area contributed by atoms with E-state index in [1.807, 2.05) is 48.5 Å². The highest BCUT2D eigenvalue weighted by Crippen LogP contribution is 2.36. The number of aromatic nitrogens is 1. The lowest BCUT2D eigenvalue weighted by Gasteiger charge is -2.10. The van der Waals surface area contributed by atoms with Crippen molar-refractivity contribution in [2.45, 2.75) is 0 Å². The molecule has 0 aliphatic heterocycles. The normalized spacial score (nSPS) is 11.0. The summed E-state index contributed by atoms with van der Waals surface area (Å²) in [7, 11) is 3.06. The molecule has 1 heterocycles. The molecule has 0 atom stereocenters. The van der Waals surface area contributed by atoms with Gasteiger partial charge in [0.2, 0.25) is 0 Å². The maximum atomic E-state index is 13.3. The van der Waals surface area contributed by atoms with E-state index in [0.717, 1.165) is 26.5 Å². The van der Waals surface area contributed by atoms with Gasteiger partial charge in [0.25, 0.3) is 5.91 Å². The molecule has 40 heavy (non-hydrogen) atoms. The molecule has 0 fully saturated rings. The van der Waals surface area contributed by atoms with Crippen LogP contribution in [-0.2, 0) is 0 Å². The third kappa shape index (κ3) is 5.60. The minimum absolute atomic E-state index is 0.260. The molecule has 8 nitrogen and oxygen atoms in total. The summed E-state index contributed by atoms with van der Waals surface area (Å²) in [5, 5.41) is 5.00. The van der Waals surface area contributed by atoms with Crippen molar-refractivity contribution in [2.24, 2.45) is 5.10 Å². The van der Waals surface area contributed by atoms with Gasteiger partial charge in [-0.3, -0.25) is 4.79 Å². The summed E-state index contributed by atoms with van der Waals surface area (Å²) in [6.07, 6.45) is 1.48. The largest absolute Gasteiger partial charge is 0.495 e. The standard InChI is InChI=1S/C31H24BrN3O5/c1-38-25-10-6-9-23-27(20-7-4-3-5-8-20)29(34-28(23)25)30(36)35-33-18-19-11-16-24(26(17-19)39-2)40-31(37)21-12-14-22(32)15-13-21/h3-18,34H,1-2H3,(H,35,36). The number of rotatable bonds is 8. The summed E-state index contributed by atoms with van der Waals surface area (Å²) in [6, 6.07) is 27.1. The minimum Gasteiger partial charge on any atom is -0.495 e. The van der Waals surface area contributed by atoms with E-state index in [4.69, 9.17) is 14.2 Å². The van der Waals surface area contributed by atoms with Gasteiger partial charge in [0, 0.05) is 15.4 Å². The molecule has 0 unspecified atom stereocenters. The summed E-state index contributed by atoms with van der Waals surface area (Å²) in [4.78, 5) is 29.0. The number of hydrogen-bond acceptors (Lipinski definition) is 6. The number of benzene rings is 4. The number of para-hydroxylation sites is 1. The molecular formula is C31H24BrN3O5. The Bertz CT molecular complexity index is 1710. The van der Waals surface area contributed by atoms with Crippen molar-refractivity contribution < 1.29 is 23.8 Å². The van der Waals surface area contributed by atoms with Crippen molar-refractivity contribution in [1.29, 1.82) is 0 Å². The van der Waals surface area contributed by atoms with Gasteiger partial charge in [-0.2, -0.15) is 5.10 Å². The fourth-order valence-electron chi connectivity index (χ4n) is 4.25. The number of hydrogen-bond donors (Lipinski definition) is 2. The summed E-state index contributed by atoms with van der Waals surface area (Å²) < 4.78 is 17.3. The van der Waals surface area contributed by atoms with Gasteiger partial charge in [0.1, 0.15) is 11.4 Å². The number of amides is 1. The van der Waals surface area contributed by atoms with Gasteiger partial charge in [-0.05, 0) is 59.7 Å². The van der Waals surface area contributed by atoms with Crippen LogP contribution < -0.4 is 19.6 Å². The Morgan fingerprint density at radius 2 is 1.60 bits per heavy atom. The zero-order valence-corrected chi connectivity index (χ0v) is 23.2. The lowest BCUT2D eigenvalue weighted by Crippen LogP contribution is -2.18. The van der Waals surface area contributed by atoms with E-state index in [1.165, 1.54) is 13.3 Å². The fourth-order valence-corrected chi connectivity index (χ4v) is 4.51. The highest BCUT2D eigenvalue weighted by Gasteiger charge is 2.21. The fraction of sp³-hybridized carbons (Fsp3) is 0.0645. The van der Waals surface area contributed by atoms with Crippen molar-refractivity contribution in [2.75, 3.05) is 14.2 Å². The number of nitrogens with one attached hydrogen (secondary N) is 2. The molecule has 5 rings (SSSR count). The molecule has 5 aromatic rings. The number of carbonyl (C=O) groups is 2. The second-order valence-corrected chi connectivity index (χ2v) is 9.55. The first-order valence-corrected chi connectivity index (χ1v) is 13.0. The van der Waals surface area contributed by atoms with E-state index < -0.39 is 11.9 Å². The van der Waals surface area contributed by atoms with Crippen molar-refractivity contribution in [3.8, 4) is 28.4 Å². The van der Waals surface area contributed by atoms with E-state index in [0.29, 0.717) is 28.3 Å². The highest BCUT2D eigenvalue weighted by atomic mass is 79.9. The van der Waals surface area contributed by atoms with E-state index in [2.05, 4.69) is 31.4 Å². The first kappa shape index (κ1) is 26.7. The van der Waals surface area contributed by atoms with Crippen molar-refractivity contribution in [1.82, 2.24) is 10.4 Å². The summed E-state index contributed by atoms with van der Waals surface area (Å²) in [5.74, 6) is 0.306. The van der Waals surface area contributed by atoms with Gasteiger partial charge in [-0.1, -0.05) is 58.4 Å². The molecule has 2 N–H and O–H groups in total. The molecule has 1 aromatic heterocycles. The van der Waals surface area contributed by atoms with Crippen LogP contribution in [0.5, 0.6) is 17.2 Å². The Balaban J connectivity index is 1.36. The smallest absolute Gasteiger partial charge is 0.343 e. The average Bonchev–Trinajstić information content (AvgIpc) is 3.38. The molecule has 0 radical (unpaired) electrons. The van der Waals surface area contributed by atoms with E-state index in [1.54, 1.807) is 49.6 Å². The summed E-state index contributed by atoms with van der Waals surface area (Å²) in [5.41, 5.74) is 6.34. The lowest BCUT2D eigenvalue weighted by atomic mass is 10.0. The number of carbonyl (C=O) groups excluding carboxylic acids is 2. The van der Waals surface area contributed by atoms with Crippen molar-refractivity contribution >= 4 is 44.9 Å². The molecule has 0 bridgehead atoms. The number of halogens is 1. The lowest BCUT2D eigenvalue weighted by molar-refractivity contribution is 0.0729. The summed E-state index contributed by atoms with van der Waals surface area (Å²) in [6.45, 7) is 0. The van der Waals surface area contributed by atoms with Gasteiger partial charge < -0.3 is 19.2 Å². The molecule has 0 spiro atoms. The number of H-pyrrole nitrogens is 1. The van der Waals surface area contributed by atoms with Crippen LogP contribution in [0.4, 0.5) is 0 Å². The SMILES string of the molecule is COc1cc(C=NNC(=O)c2[nH]c3c(OC)cccc3c2-c2ccccc2)ccc1OC(=O)c1ccc(Br)cc1. The Morgan fingerprint density at radius 3 is 2.33 bits per heavy atom. The zero-order valence-electron chi connectivity index (χ0n) is 21.6. The van der Waals surface area contributed by atoms with Gasteiger partial charge >= 0.3 is 5.97 Å². The Kier molecular flexibility index (Phi) is 7.93. The van der Waals surface area contributed by atoms with Crippen molar-refractivity contribution in [3.63, 3.8) is 0 Å². The molecule has 0 aliphatic rings. The Morgan fingerprint density at radius 1 is 0.850 bits per heavy atom. The summed E-state index contributed by atoms with van der Waals surface area (Å²) >= 11 is 3.35. The van der Waals surface area contributed by atoms with Crippen LogP contribution in [0.3, 0.4) is 0 Å². The number of hydrazone groups is 1. The molecule has 9 heteroatoms. The molecule has 0 aliphatic carbocycles. The van der Waals surface area contributed by atoms with Gasteiger partial charge in [0.05, 0.1) is 31.5 Å². The number of methoxy groups -OCH3 is 2. The van der Waals surface area contributed by atoms with Gasteiger partial charge in [0.15, 0.2) is 11.5 Å².